The van der Waals surface area contributed by atoms with Crippen molar-refractivity contribution < 1.29 is 0 Å². The van der Waals surface area contributed by atoms with E-state index in [1.165, 1.54) is 11.3 Å². The molecular weight excluding hydrogens is 254 g/mol. The Morgan fingerprint density at radius 1 is 1.47 bits per heavy atom. The number of thioether (sulfide) groups is 1. The Labute approximate surface area is 121 Å². The van der Waals surface area contributed by atoms with E-state index < -0.39 is 0 Å². The summed E-state index contributed by atoms with van der Waals surface area (Å²) in [5.41, 5.74) is 1.27. The van der Waals surface area contributed by atoms with Crippen molar-refractivity contribution in [3.05, 3.63) is 23.9 Å². The molecule has 0 aliphatic carbocycles. The molecule has 1 saturated heterocycles. The molecule has 1 unspecified atom stereocenters. The van der Waals surface area contributed by atoms with E-state index in [9.17, 15) is 0 Å². The summed E-state index contributed by atoms with van der Waals surface area (Å²) in [6.07, 6.45) is 2.01. The molecule has 0 saturated carbocycles. The van der Waals surface area contributed by atoms with Crippen LogP contribution < -0.4 is 10.2 Å². The van der Waals surface area contributed by atoms with Crippen molar-refractivity contribution in [1.82, 2.24) is 10.3 Å². The predicted molar refractivity (Wildman–Crippen MR) is 84.9 cm³/mol. The minimum atomic E-state index is 0.694. The standard InChI is InChI=1S/C15H25N3S/c1-12(2)8-16-9-14-4-5-15(17-10-14)18-6-7-19-13(3)11-18/h4-5,10,12-13,16H,6-9,11H2,1-3H3. The number of nitrogens with zero attached hydrogens (tertiary/aromatic N) is 2. The summed E-state index contributed by atoms with van der Waals surface area (Å²) in [6.45, 7) is 10.9. The minimum Gasteiger partial charge on any atom is -0.355 e. The Morgan fingerprint density at radius 3 is 2.95 bits per heavy atom. The maximum absolute atomic E-state index is 4.61. The van der Waals surface area contributed by atoms with Gasteiger partial charge < -0.3 is 10.2 Å². The number of rotatable bonds is 5. The van der Waals surface area contributed by atoms with Gasteiger partial charge in [0.2, 0.25) is 0 Å². The monoisotopic (exact) mass is 279 g/mol. The van der Waals surface area contributed by atoms with Gasteiger partial charge in [0.15, 0.2) is 0 Å². The molecule has 1 aromatic rings. The zero-order chi connectivity index (χ0) is 13.7. The van der Waals surface area contributed by atoms with Gasteiger partial charge in [-0.15, -0.1) is 0 Å². The molecule has 19 heavy (non-hydrogen) atoms. The molecule has 0 radical (unpaired) electrons. The van der Waals surface area contributed by atoms with Crippen LogP contribution in [0, 0.1) is 5.92 Å². The van der Waals surface area contributed by atoms with Crippen molar-refractivity contribution in [3.8, 4) is 0 Å². The number of nitrogens with one attached hydrogen (secondary N) is 1. The number of pyridine rings is 1. The van der Waals surface area contributed by atoms with Gasteiger partial charge in [-0.05, 0) is 24.1 Å². The molecule has 2 heterocycles. The molecule has 2 rings (SSSR count). The summed E-state index contributed by atoms with van der Waals surface area (Å²) in [7, 11) is 0. The quantitative estimate of drug-likeness (QED) is 0.897. The highest BCUT2D eigenvalue weighted by atomic mass is 32.2. The molecule has 1 aliphatic heterocycles. The fourth-order valence-corrected chi connectivity index (χ4v) is 3.25. The van der Waals surface area contributed by atoms with Gasteiger partial charge >= 0.3 is 0 Å². The van der Waals surface area contributed by atoms with Crippen molar-refractivity contribution in [2.24, 2.45) is 5.92 Å². The number of hydrogen-bond donors (Lipinski definition) is 1. The van der Waals surface area contributed by atoms with Crippen molar-refractivity contribution in [1.29, 1.82) is 0 Å². The van der Waals surface area contributed by atoms with Crippen molar-refractivity contribution in [2.45, 2.75) is 32.6 Å². The second-order valence-corrected chi connectivity index (χ2v) is 7.22. The topological polar surface area (TPSA) is 28.2 Å². The normalized spacial score (nSPS) is 20.0. The maximum Gasteiger partial charge on any atom is 0.128 e. The van der Waals surface area contributed by atoms with E-state index in [1.54, 1.807) is 0 Å². The lowest BCUT2D eigenvalue weighted by Gasteiger charge is -2.31. The highest BCUT2D eigenvalue weighted by Gasteiger charge is 2.17. The Morgan fingerprint density at radius 2 is 2.32 bits per heavy atom. The Hall–Kier alpha value is -0.740. The predicted octanol–water partition coefficient (Wildman–Crippen LogP) is 2.77. The van der Waals surface area contributed by atoms with E-state index in [1.807, 2.05) is 6.20 Å². The van der Waals surface area contributed by atoms with Crippen molar-refractivity contribution in [2.75, 3.05) is 30.3 Å². The van der Waals surface area contributed by atoms with Crippen LogP contribution in [0.5, 0.6) is 0 Å². The van der Waals surface area contributed by atoms with Crippen LogP contribution in [0.1, 0.15) is 26.3 Å². The van der Waals surface area contributed by atoms with Crippen LogP contribution in [0.3, 0.4) is 0 Å². The van der Waals surface area contributed by atoms with Crippen LogP contribution in [0.4, 0.5) is 5.82 Å². The molecule has 1 aromatic heterocycles. The van der Waals surface area contributed by atoms with Crippen LogP contribution >= 0.6 is 11.8 Å². The third kappa shape index (κ3) is 4.69. The number of hydrogen-bond acceptors (Lipinski definition) is 4. The first-order valence-corrected chi connectivity index (χ1v) is 8.22. The van der Waals surface area contributed by atoms with E-state index >= 15 is 0 Å². The lowest BCUT2D eigenvalue weighted by Crippen LogP contribution is -2.37. The highest BCUT2D eigenvalue weighted by molar-refractivity contribution is 8.00. The summed E-state index contributed by atoms with van der Waals surface area (Å²) >= 11 is 2.05. The molecule has 0 aromatic carbocycles. The van der Waals surface area contributed by atoms with Gasteiger partial charge in [-0.2, -0.15) is 11.8 Å². The van der Waals surface area contributed by atoms with Gasteiger partial charge in [0.25, 0.3) is 0 Å². The number of anilines is 1. The molecule has 4 heteroatoms. The highest BCUT2D eigenvalue weighted by Crippen LogP contribution is 2.22. The molecule has 1 N–H and O–H groups in total. The third-order valence-electron chi connectivity index (χ3n) is 3.26. The summed E-state index contributed by atoms with van der Waals surface area (Å²) in [6, 6.07) is 4.36. The molecule has 0 bridgehead atoms. The van der Waals surface area contributed by atoms with E-state index in [0.717, 1.165) is 32.0 Å². The lowest BCUT2D eigenvalue weighted by molar-refractivity contribution is 0.552. The first-order chi connectivity index (χ1) is 9.15. The van der Waals surface area contributed by atoms with Gasteiger partial charge in [0.1, 0.15) is 5.82 Å². The van der Waals surface area contributed by atoms with Gasteiger partial charge in [-0.1, -0.05) is 26.8 Å². The van der Waals surface area contributed by atoms with Gasteiger partial charge in [0, 0.05) is 36.8 Å². The zero-order valence-electron chi connectivity index (χ0n) is 12.2. The summed E-state index contributed by atoms with van der Waals surface area (Å²) in [4.78, 5) is 7.01. The van der Waals surface area contributed by atoms with Crippen molar-refractivity contribution >= 4 is 17.6 Å². The first kappa shape index (κ1) is 14.7. The molecule has 106 valence electrons. The Balaban J connectivity index is 1.87. The Bertz CT molecular complexity index is 377. The maximum atomic E-state index is 4.61. The second kappa shape index (κ2) is 7.15. The van der Waals surface area contributed by atoms with Gasteiger partial charge in [-0.3, -0.25) is 0 Å². The van der Waals surface area contributed by atoms with E-state index in [0.29, 0.717) is 11.2 Å². The molecule has 1 atom stereocenters. The molecule has 1 fully saturated rings. The summed E-state index contributed by atoms with van der Waals surface area (Å²) < 4.78 is 0. The van der Waals surface area contributed by atoms with Crippen LogP contribution in [-0.4, -0.2) is 35.6 Å². The molecular formula is C15H25N3S. The van der Waals surface area contributed by atoms with Crippen LogP contribution in [0.25, 0.3) is 0 Å². The fraction of sp³-hybridized carbons (Fsp3) is 0.667. The zero-order valence-corrected chi connectivity index (χ0v) is 13.0. The van der Waals surface area contributed by atoms with Gasteiger partial charge in [0.05, 0.1) is 0 Å². The number of aromatic nitrogens is 1. The van der Waals surface area contributed by atoms with E-state index in [2.05, 4.69) is 59.9 Å². The molecule has 0 amide bonds. The van der Waals surface area contributed by atoms with Crippen LogP contribution in [-0.2, 0) is 6.54 Å². The minimum absolute atomic E-state index is 0.694. The van der Waals surface area contributed by atoms with Crippen LogP contribution in [0.2, 0.25) is 0 Å². The van der Waals surface area contributed by atoms with Crippen LogP contribution in [0.15, 0.2) is 18.3 Å². The van der Waals surface area contributed by atoms with E-state index in [4.69, 9.17) is 0 Å². The SMILES string of the molecule is CC(C)CNCc1ccc(N2CCSC(C)C2)nc1. The average molecular weight is 279 g/mol. The smallest absolute Gasteiger partial charge is 0.128 e. The summed E-state index contributed by atoms with van der Waals surface area (Å²) in [5, 5.41) is 4.16. The van der Waals surface area contributed by atoms with E-state index in [-0.39, 0.29) is 0 Å². The molecule has 1 aliphatic rings. The first-order valence-electron chi connectivity index (χ1n) is 7.17. The largest absolute Gasteiger partial charge is 0.355 e. The second-order valence-electron chi connectivity index (χ2n) is 5.68. The summed E-state index contributed by atoms with van der Waals surface area (Å²) in [5.74, 6) is 3.03. The third-order valence-corrected chi connectivity index (χ3v) is 4.39. The average Bonchev–Trinajstić information content (AvgIpc) is 2.39. The molecule has 0 spiro atoms. The lowest BCUT2D eigenvalue weighted by atomic mass is 10.2. The molecule has 3 nitrogen and oxygen atoms in total. The Kier molecular flexibility index (Phi) is 5.52. The fourth-order valence-electron chi connectivity index (χ4n) is 2.24. The van der Waals surface area contributed by atoms with Crippen molar-refractivity contribution in [3.63, 3.8) is 0 Å². The van der Waals surface area contributed by atoms with Gasteiger partial charge in [-0.25, -0.2) is 4.98 Å².